The number of methoxy groups -OCH3 is 1. The smallest absolute Gasteiger partial charge is 0.251 e. The molecule has 1 saturated heterocycles. The summed E-state index contributed by atoms with van der Waals surface area (Å²) >= 11 is 5.39. The molecule has 3 aromatic heterocycles. The highest BCUT2D eigenvalue weighted by molar-refractivity contribution is 9.11. The van der Waals surface area contributed by atoms with Crippen LogP contribution in [0.1, 0.15) is 24.1 Å². The quantitative estimate of drug-likeness (QED) is 0.501. The number of ether oxygens (including phenoxy) is 1. The molecule has 5 nitrogen and oxygen atoms in total. The molecule has 0 unspecified atom stereocenters. The maximum Gasteiger partial charge on any atom is 0.251 e. The summed E-state index contributed by atoms with van der Waals surface area (Å²) in [6.07, 6.45) is 6.63. The second-order valence-electron chi connectivity index (χ2n) is 7.63. The van der Waals surface area contributed by atoms with Gasteiger partial charge in [-0.1, -0.05) is 0 Å². The molecule has 1 fully saturated rings. The number of piperidine rings is 1. The zero-order chi connectivity index (χ0) is 20.2. The van der Waals surface area contributed by atoms with E-state index in [2.05, 4.69) is 37.9 Å². The number of hydrogen-bond donors (Lipinski definition) is 0. The first-order chi connectivity index (χ1) is 14.1. The highest BCUT2D eigenvalue weighted by atomic mass is 79.9. The topological polar surface area (TPSA) is 47.4 Å². The van der Waals surface area contributed by atoms with Crippen LogP contribution in [-0.4, -0.2) is 41.2 Å². The summed E-state index contributed by atoms with van der Waals surface area (Å²) in [5.41, 5.74) is 1.68. The van der Waals surface area contributed by atoms with Gasteiger partial charge in [0, 0.05) is 30.1 Å². The molecule has 154 valence electrons. The van der Waals surface area contributed by atoms with E-state index in [1.165, 1.54) is 34.3 Å². The zero-order valence-corrected chi connectivity index (χ0v) is 19.0. The Morgan fingerprint density at radius 3 is 2.76 bits per heavy atom. The van der Waals surface area contributed by atoms with E-state index in [1.54, 1.807) is 25.4 Å². The number of rotatable bonds is 7. The molecular formula is C22H26BrN3O2S. The summed E-state index contributed by atoms with van der Waals surface area (Å²) in [5, 5.41) is 0. The van der Waals surface area contributed by atoms with Crippen LogP contribution < -0.4 is 10.3 Å². The average molecular weight is 476 g/mol. The first kappa shape index (κ1) is 20.6. The Bertz CT molecular complexity index is 1020. The molecule has 0 amide bonds. The Labute approximate surface area is 183 Å². The number of halogens is 1. The van der Waals surface area contributed by atoms with Gasteiger partial charge in [-0.25, -0.2) is 0 Å². The Balaban J connectivity index is 1.32. The lowest BCUT2D eigenvalue weighted by Gasteiger charge is -2.32. The van der Waals surface area contributed by atoms with E-state index in [1.807, 2.05) is 22.0 Å². The van der Waals surface area contributed by atoms with Gasteiger partial charge in [-0.2, -0.15) is 0 Å². The molecule has 0 saturated carbocycles. The summed E-state index contributed by atoms with van der Waals surface area (Å²) in [6.45, 7) is 3.79. The minimum absolute atomic E-state index is 0.0181. The molecular weight excluding hydrogens is 450 g/mol. The van der Waals surface area contributed by atoms with Gasteiger partial charge in [0.05, 0.1) is 28.1 Å². The third-order valence-corrected chi connectivity index (χ3v) is 7.51. The number of likely N-dealkylation sites (tertiary alicyclic amines) is 1. The first-order valence-electron chi connectivity index (χ1n) is 10.1. The third kappa shape index (κ3) is 5.08. The molecule has 29 heavy (non-hydrogen) atoms. The van der Waals surface area contributed by atoms with Gasteiger partial charge in [0.1, 0.15) is 5.75 Å². The summed E-state index contributed by atoms with van der Waals surface area (Å²) in [7, 11) is 1.62. The van der Waals surface area contributed by atoms with E-state index in [4.69, 9.17) is 4.74 Å². The number of thiophene rings is 1. The van der Waals surface area contributed by atoms with Crippen LogP contribution in [0, 0.1) is 5.92 Å². The van der Waals surface area contributed by atoms with E-state index < -0.39 is 0 Å². The molecule has 1 aliphatic rings. The predicted molar refractivity (Wildman–Crippen MR) is 122 cm³/mol. The minimum atomic E-state index is 0.0181. The van der Waals surface area contributed by atoms with Crippen LogP contribution in [0.15, 0.2) is 45.1 Å². The Morgan fingerprint density at radius 2 is 2.03 bits per heavy atom. The minimum Gasteiger partial charge on any atom is -0.495 e. The average Bonchev–Trinajstić information content (AvgIpc) is 3.17. The first-order valence-corrected chi connectivity index (χ1v) is 11.7. The lowest BCUT2D eigenvalue weighted by atomic mass is 9.92. The molecule has 0 radical (unpaired) electrons. The summed E-state index contributed by atoms with van der Waals surface area (Å²) in [5.74, 6) is 1.48. The van der Waals surface area contributed by atoms with Gasteiger partial charge in [0.25, 0.3) is 5.56 Å². The normalized spacial score (nSPS) is 15.8. The lowest BCUT2D eigenvalue weighted by Crippen LogP contribution is -2.37. The molecule has 0 atom stereocenters. The molecule has 0 N–H and O–H groups in total. The number of aromatic nitrogens is 2. The van der Waals surface area contributed by atoms with Crippen LogP contribution in [-0.2, 0) is 13.0 Å². The van der Waals surface area contributed by atoms with E-state index in [0.717, 1.165) is 36.6 Å². The van der Waals surface area contributed by atoms with Crippen LogP contribution in [0.25, 0.3) is 11.0 Å². The van der Waals surface area contributed by atoms with Gasteiger partial charge >= 0.3 is 0 Å². The Kier molecular flexibility index (Phi) is 6.67. The van der Waals surface area contributed by atoms with Crippen LogP contribution in [0.3, 0.4) is 0 Å². The number of hydrogen-bond acceptors (Lipinski definition) is 5. The van der Waals surface area contributed by atoms with Crippen molar-refractivity contribution >= 4 is 38.3 Å². The van der Waals surface area contributed by atoms with Gasteiger partial charge in [0.15, 0.2) is 0 Å². The summed E-state index contributed by atoms with van der Waals surface area (Å²) in [6, 6.07) is 9.67. The van der Waals surface area contributed by atoms with Crippen molar-refractivity contribution in [3.63, 3.8) is 0 Å². The van der Waals surface area contributed by atoms with Crippen molar-refractivity contribution in [3.05, 3.63) is 55.5 Å². The number of aryl methyl sites for hydroxylation is 1. The van der Waals surface area contributed by atoms with Gasteiger partial charge in [-0.3, -0.25) is 9.78 Å². The van der Waals surface area contributed by atoms with E-state index in [0.29, 0.717) is 12.3 Å². The fourth-order valence-corrected chi connectivity index (χ4v) is 5.56. The van der Waals surface area contributed by atoms with Crippen molar-refractivity contribution in [1.82, 2.24) is 14.5 Å². The van der Waals surface area contributed by atoms with Crippen molar-refractivity contribution < 1.29 is 4.74 Å². The molecule has 3 aromatic rings. The summed E-state index contributed by atoms with van der Waals surface area (Å²) < 4.78 is 8.34. The molecule has 7 heteroatoms. The molecule has 0 aromatic carbocycles. The fourth-order valence-electron chi connectivity index (χ4n) is 4.06. The van der Waals surface area contributed by atoms with Crippen molar-refractivity contribution in [3.8, 4) is 5.75 Å². The second-order valence-corrected chi connectivity index (χ2v) is 10.2. The molecule has 4 rings (SSSR count). The maximum atomic E-state index is 12.5. The van der Waals surface area contributed by atoms with Crippen molar-refractivity contribution in [2.75, 3.05) is 26.7 Å². The van der Waals surface area contributed by atoms with Crippen molar-refractivity contribution in [2.24, 2.45) is 5.92 Å². The Morgan fingerprint density at radius 1 is 1.21 bits per heavy atom. The molecule has 4 heterocycles. The second kappa shape index (κ2) is 9.41. The number of nitrogens with zero attached hydrogens (tertiary/aromatic N) is 3. The van der Waals surface area contributed by atoms with Crippen molar-refractivity contribution in [1.29, 1.82) is 0 Å². The van der Waals surface area contributed by atoms with E-state index >= 15 is 0 Å². The molecule has 0 spiro atoms. The highest BCUT2D eigenvalue weighted by Gasteiger charge is 2.19. The lowest BCUT2D eigenvalue weighted by molar-refractivity contribution is 0.174. The molecule has 0 bridgehead atoms. The zero-order valence-electron chi connectivity index (χ0n) is 16.6. The number of fused-ring (bicyclic) bond motifs is 1. The van der Waals surface area contributed by atoms with Crippen LogP contribution in [0.2, 0.25) is 0 Å². The highest BCUT2D eigenvalue weighted by Crippen LogP contribution is 2.27. The molecule has 1 aliphatic heterocycles. The standard InChI is InChI=1S/C22H26BrN3O2S/c1-28-17-14-20-19(24-15-17)5-7-22(27)26(20)13-12-25-10-8-16(9-11-25)2-3-18-4-6-21(23)29-18/h4-7,14-16H,2-3,8-13H2,1H3. The van der Waals surface area contributed by atoms with Gasteiger partial charge in [0.2, 0.25) is 0 Å². The van der Waals surface area contributed by atoms with Gasteiger partial charge in [-0.05, 0) is 78.8 Å². The van der Waals surface area contributed by atoms with Crippen LogP contribution in [0.4, 0.5) is 0 Å². The van der Waals surface area contributed by atoms with Crippen LogP contribution >= 0.6 is 27.3 Å². The fraction of sp³-hybridized carbons (Fsp3) is 0.455. The third-order valence-electron chi connectivity index (χ3n) is 5.82. The van der Waals surface area contributed by atoms with E-state index in [-0.39, 0.29) is 5.56 Å². The van der Waals surface area contributed by atoms with Gasteiger partial charge < -0.3 is 14.2 Å². The van der Waals surface area contributed by atoms with Gasteiger partial charge in [-0.15, -0.1) is 11.3 Å². The van der Waals surface area contributed by atoms with E-state index in [9.17, 15) is 4.79 Å². The predicted octanol–water partition coefficient (Wildman–Crippen LogP) is 4.57. The number of pyridine rings is 2. The SMILES string of the molecule is COc1cnc2ccc(=O)n(CCN3CCC(CCc4ccc(Br)s4)CC3)c2c1. The molecule has 0 aliphatic carbocycles. The monoisotopic (exact) mass is 475 g/mol. The summed E-state index contributed by atoms with van der Waals surface area (Å²) in [4.78, 5) is 20.8. The maximum absolute atomic E-state index is 12.5. The van der Waals surface area contributed by atoms with Crippen LogP contribution in [0.5, 0.6) is 5.75 Å². The van der Waals surface area contributed by atoms with Crippen molar-refractivity contribution in [2.45, 2.75) is 32.2 Å². The Hall–Kier alpha value is -1.70. The largest absolute Gasteiger partial charge is 0.495 e.